The minimum Gasteiger partial charge on any atom is -0.394 e. The highest BCUT2D eigenvalue weighted by atomic mass is 32.2. The Morgan fingerprint density at radius 3 is 2.22 bits per heavy atom. The van der Waals surface area contributed by atoms with Crippen molar-refractivity contribution in [2.24, 2.45) is 0 Å². The van der Waals surface area contributed by atoms with Crippen LogP contribution in [0.4, 0.5) is 8.78 Å². The van der Waals surface area contributed by atoms with Gasteiger partial charge >= 0.3 is 0 Å². The number of rotatable bonds is 5. The molecule has 2 atom stereocenters. The van der Waals surface area contributed by atoms with Gasteiger partial charge in [0.15, 0.2) is 9.84 Å². The molecule has 1 rings (SSSR count). The van der Waals surface area contributed by atoms with E-state index < -0.39 is 50.7 Å². The van der Waals surface area contributed by atoms with Crippen molar-refractivity contribution in [1.82, 2.24) is 0 Å². The molecule has 1 aromatic carbocycles. The summed E-state index contributed by atoms with van der Waals surface area (Å²) in [7, 11) is -3.96. The molecule has 0 saturated heterocycles. The van der Waals surface area contributed by atoms with Gasteiger partial charge in [0.25, 0.3) is 0 Å². The second-order valence-corrected chi connectivity index (χ2v) is 6.31. The molecule has 0 fully saturated rings. The molecule has 18 heavy (non-hydrogen) atoms. The molecule has 0 aliphatic rings. The van der Waals surface area contributed by atoms with E-state index in [0.29, 0.717) is 0 Å². The topological polar surface area (TPSA) is 74.6 Å². The predicted molar refractivity (Wildman–Crippen MR) is 61.7 cm³/mol. The normalized spacial score (nSPS) is 15.4. The van der Waals surface area contributed by atoms with Crippen molar-refractivity contribution in [1.29, 1.82) is 0 Å². The summed E-state index contributed by atoms with van der Waals surface area (Å²) in [6.45, 7) is 0.409. The second-order valence-electron chi connectivity index (χ2n) is 3.94. The SMILES string of the molecule is C[C@@H](c1c(F)cccc1F)S(=O)(=O)C[C@H](O)CO. The molecule has 0 saturated carbocycles. The Hall–Kier alpha value is -1.05. The summed E-state index contributed by atoms with van der Waals surface area (Å²) >= 11 is 0. The third-order valence-electron chi connectivity index (χ3n) is 2.58. The predicted octanol–water partition coefficient (Wildman–Crippen LogP) is 0.794. The highest BCUT2D eigenvalue weighted by molar-refractivity contribution is 7.91. The van der Waals surface area contributed by atoms with Gasteiger partial charge in [0.2, 0.25) is 0 Å². The van der Waals surface area contributed by atoms with E-state index >= 15 is 0 Å². The van der Waals surface area contributed by atoms with Crippen molar-refractivity contribution in [3.63, 3.8) is 0 Å². The van der Waals surface area contributed by atoms with E-state index in [-0.39, 0.29) is 0 Å². The van der Waals surface area contributed by atoms with Crippen molar-refractivity contribution < 1.29 is 27.4 Å². The largest absolute Gasteiger partial charge is 0.394 e. The summed E-state index contributed by atoms with van der Waals surface area (Å²) in [4.78, 5) is 0. The van der Waals surface area contributed by atoms with Gasteiger partial charge in [-0.3, -0.25) is 0 Å². The lowest BCUT2D eigenvalue weighted by atomic mass is 10.1. The lowest BCUT2D eigenvalue weighted by Crippen LogP contribution is -2.27. The van der Waals surface area contributed by atoms with Crippen molar-refractivity contribution in [2.75, 3.05) is 12.4 Å². The van der Waals surface area contributed by atoms with Crippen LogP contribution in [0.15, 0.2) is 18.2 Å². The van der Waals surface area contributed by atoms with Gasteiger partial charge < -0.3 is 10.2 Å². The molecule has 102 valence electrons. The zero-order valence-corrected chi connectivity index (χ0v) is 10.5. The number of hydrogen-bond donors (Lipinski definition) is 2. The van der Waals surface area contributed by atoms with E-state index in [1.807, 2.05) is 0 Å². The third-order valence-corrected chi connectivity index (χ3v) is 4.74. The molecule has 0 bridgehead atoms. The Morgan fingerprint density at radius 2 is 1.78 bits per heavy atom. The maximum atomic E-state index is 13.4. The number of sulfone groups is 1. The molecule has 0 heterocycles. The fourth-order valence-corrected chi connectivity index (χ4v) is 3.06. The molecule has 0 aliphatic heterocycles. The van der Waals surface area contributed by atoms with Crippen molar-refractivity contribution in [3.8, 4) is 0 Å². The van der Waals surface area contributed by atoms with Crippen molar-refractivity contribution in [3.05, 3.63) is 35.4 Å². The fourth-order valence-electron chi connectivity index (χ4n) is 1.54. The maximum Gasteiger partial charge on any atom is 0.159 e. The molecule has 2 N–H and O–H groups in total. The number of aliphatic hydroxyl groups excluding tert-OH is 2. The van der Waals surface area contributed by atoms with Crippen LogP contribution in [0.1, 0.15) is 17.7 Å². The molecule has 7 heteroatoms. The zero-order chi connectivity index (χ0) is 13.9. The highest BCUT2D eigenvalue weighted by Gasteiger charge is 2.29. The second kappa shape index (κ2) is 5.73. The molecule has 4 nitrogen and oxygen atoms in total. The van der Waals surface area contributed by atoms with Gasteiger partial charge in [-0.05, 0) is 19.1 Å². The van der Waals surface area contributed by atoms with Gasteiger partial charge in [-0.2, -0.15) is 0 Å². The van der Waals surface area contributed by atoms with Crippen LogP contribution in [-0.2, 0) is 9.84 Å². The molecule has 1 aromatic rings. The van der Waals surface area contributed by atoms with E-state index in [1.165, 1.54) is 0 Å². The van der Waals surface area contributed by atoms with Crippen LogP contribution in [0.3, 0.4) is 0 Å². The first-order valence-electron chi connectivity index (χ1n) is 5.24. The fraction of sp³-hybridized carbons (Fsp3) is 0.455. The number of aliphatic hydroxyl groups is 2. The van der Waals surface area contributed by atoms with E-state index in [1.54, 1.807) is 0 Å². The minimum atomic E-state index is -3.96. The number of benzene rings is 1. The molecule has 0 aliphatic carbocycles. The Bertz CT molecular complexity index is 496. The summed E-state index contributed by atoms with van der Waals surface area (Å²) < 4.78 is 50.5. The van der Waals surface area contributed by atoms with Gasteiger partial charge in [-0.1, -0.05) is 6.07 Å². The Labute approximate surface area is 104 Å². The Kier molecular flexibility index (Phi) is 4.78. The first-order valence-corrected chi connectivity index (χ1v) is 6.95. The van der Waals surface area contributed by atoms with Gasteiger partial charge in [-0.15, -0.1) is 0 Å². The summed E-state index contributed by atoms with van der Waals surface area (Å²) in [6.07, 6.45) is -1.47. The van der Waals surface area contributed by atoms with Crippen LogP contribution in [0, 0.1) is 11.6 Å². The van der Waals surface area contributed by atoms with Crippen LogP contribution < -0.4 is 0 Å². The van der Waals surface area contributed by atoms with Gasteiger partial charge in [-0.25, -0.2) is 17.2 Å². The van der Waals surface area contributed by atoms with E-state index in [2.05, 4.69) is 0 Å². The van der Waals surface area contributed by atoms with Gasteiger partial charge in [0.05, 0.1) is 23.7 Å². The Balaban J connectivity index is 3.10. The standard InChI is InChI=1S/C11H14F2O4S/c1-7(18(16,17)6-8(15)5-14)11-9(12)3-2-4-10(11)13/h2-4,7-8,14-15H,5-6H2,1H3/t7-,8+/m0/s1. The lowest BCUT2D eigenvalue weighted by molar-refractivity contribution is 0.112. The number of halogens is 2. The molecule has 0 radical (unpaired) electrons. The minimum absolute atomic E-state index is 0.553. The Morgan fingerprint density at radius 1 is 1.28 bits per heavy atom. The first kappa shape index (κ1) is 15.0. The van der Waals surface area contributed by atoms with Gasteiger partial charge in [0, 0.05) is 5.56 Å². The van der Waals surface area contributed by atoms with Crippen LogP contribution >= 0.6 is 0 Å². The quantitative estimate of drug-likeness (QED) is 0.836. The summed E-state index contributed by atoms with van der Waals surface area (Å²) in [5.41, 5.74) is -0.553. The average Bonchev–Trinajstić information content (AvgIpc) is 2.27. The zero-order valence-electron chi connectivity index (χ0n) is 9.68. The highest BCUT2D eigenvalue weighted by Crippen LogP contribution is 2.27. The van der Waals surface area contributed by atoms with E-state index in [0.717, 1.165) is 25.1 Å². The monoisotopic (exact) mass is 280 g/mol. The van der Waals surface area contributed by atoms with E-state index in [4.69, 9.17) is 10.2 Å². The van der Waals surface area contributed by atoms with Crippen LogP contribution in [-0.4, -0.2) is 37.1 Å². The van der Waals surface area contributed by atoms with E-state index in [9.17, 15) is 17.2 Å². The molecule has 0 unspecified atom stereocenters. The van der Waals surface area contributed by atoms with Crippen LogP contribution in [0.2, 0.25) is 0 Å². The van der Waals surface area contributed by atoms with Crippen LogP contribution in [0.5, 0.6) is 0 Å². The summed E-state index contributed by atoms with van der Waals surface area (Å²) in [5, 5.41) is 16.3. The average molecular weight is 280 g/mol. The van der Waals surface area contributed by atoms with Gasteiger partial charge in [0.1, 0.15) is 11.6 Å². The summed E-state index contributed by atoms with van der Waals surface area (Å²) in [5.74, 6) is -2.66. The van der Waals surface area contributed by atoms with Crippen molar-refractivity contribution >= 4 is 9.84 Å². The molecule has 0 spiro atoms. The molecule has 0 amide bonds. The maximum absolute atomic E-state index is 13.4. The smallest absolute Gasteiger partial charge is 0.159 e. The number of hydrogen-bond acceptors (Lipinski definition) is 4. The van der Waals surface area contributed by atoms with Crippen LogP contribution in [0.25, 0.3) is 0 Å². The lowest BCUT2D eigenvalue weighted by Gasteiger charge is -2.16. The molecular formula is C11H14F2O4S. The first-order chi connectivity index (χ1) is 8.29. The molecule has 0 aromatic heterocycles. The molecular weight excluding hydrogens is 266 g/mol. The third kappa shape index (κ3) is 3.24. The van der Waals surface area contributed by atoms with Crippen molar-refractivity contribution in [2.45, 2.75) is 18.3 Å². The summed E-state index contributed by atoms with van der Waals surface area (Å²) in [6, 6.07) is 3.07.